The fourth-order valence-corrected chi connectivity index (χ4v) is 2.27. The molecule has 0 heterocycles. The molecule has 7 heteroatoms. The number of benzene rings is 1. The van der Waals surface area contributed by atoms with Gasteiger partial charge >= 0.3 is 0 Å². The van der Waals surface area contributed by atoms with Gasteiger partial charge in [0.25, 0.3) is 0 Å². The summed E-state index contributed by atoms with van der Waals surface area (Å²) in [4.78, 5) is 0.181. The number of ether oxygens (including phenoxy) is 1. The van der Waals surface area contributed by atoms with E-state index in [9.17, 15) is 8.42 Å². The van der Waals surface area contributed by atoms with Crippen molar-refractivity contribution in [2.75, 3.05) is 26.3 Å². The van der Waals surface area contributed by atoms with E-state index < -0.39 is 10.0 Å². The minimum atomic E-state index is -3.48. The van der Waals surface area contributed by atoms with E-state index in [-0.39, 0.29) is 11.4 Å². The van der Waals surface area contributed by atoms with Gasteiger partial charge in [-0.15, -0.1) is 0 Å². The highest BCUT2D eigenvalue weighted by atomic mass is 35.5. The minimum absolute atomic E-state index is 0.181. The van der Waals surface area contributed by atoms with Crippen molar-refractivity contribution in [3.63, 3.8) is 0 Å². The average molecular weight is 279 g/mol. The lowest BCUT2D eigenvalue weighted by atomic mass is 10.4. The molecule has 0 saturated heterocycles. The average Bonchev–Trinajstić information content (AvgIpc) is 2.29. The Hall–Kier alpha value is -0.660. The van der Waals surface area contributed by atoms with E-state index in [1.54, 1.807) is 0 Å². The lowest BCUT2D eigenvalue weighted by Gasteiger charge is -2.07. The normalized spacial score (nSPS) is 11.6. The molecule has 96 valence electrons. The lowest BCUT2D eigenvalue weighted by Crippen LogP contribution is -2.28. The maximum atomic E-state index is 11.7. The smallest absolute Gasteiger partial charge is 0.240 e. The molecule has 17 heavy (non-hydrogen) atoms. The molecule has 0 spiro atoms. The van der Waals surface area contributed by atoms with Gasteiger partial charge in [-0.1, -0.05) is 11.6 Å². The zero-order valence-electron chi connectivity index (χ0n) is 9.23. The number of sulfonamides is 1. The number of hydrogen-bond acceptors (Lipinski definition) is 4. The van der Waals surface area contributed by atoms with Crippen molar-refractivity contribution in [3.05, 3.63) is 29.3 Å². The van der Waals surface area contributed by atoms with E-state index >= 15 is 0 Å². The van der Waals surface area contributed by atoms with Gasteiger partial charge in [0.1, 0.15) is 0 Å². The number of hydrogen-bond donors (Lipinski definition) is 2. The van der Waals surface area contributed by atoms with Crippen LogP contribution in [0.15, 0.2) is 29.2 Å². The summed E-state index contributed by atoms with van der Waals surface area (Å²) in [6.45, 7) is 1.35. The summed E-state index contributed by atoms with van der Waals surface area (Å²) in [5.41, 5.74) is 5.23. The molecule has 0 fully saturated rings. The first-order valence-electron chi connectivity index (χ1n) is 5.09. The minimum Gasteiger partial charge on any atom is -0.379 e. The summed E-state index contributed by atoms with van der Waals surface area (Å²) < 4.78 is 31.0. The van der Waals surface area contributed by atoms with Crippen LogP contribution in [0.2, 0.25) is 5.02 Å². The first kappa shape index (κ1) is 14.4. The first-order chi connectivity index (χ1) is 8.06. The second-order valence-corrected chi connectivity index (χ2v) is 5.46. The summed E-state index contributed by atoms with van der Waals surface area (Å²) in [6.07, 6.45) is 0. The molecule has 0 aromatic heterocycles. The third-order valence-corrected chi connectivity index (χ3v) is 3.65. The maximum Gasteiger partial charge on any atom is 0.240 e. The Bertz CT molecular complexity index is 433. The zero-order valence-corrected chi connectivity index (χ0v) is 10.8. The molecule has 0 aliphatic rings. The molecule has 1 rings (SSSR count). The monoisotopic (exact) mass is 278 g/mol. The van der Waals surface area contributed by atoms with Crippen molar-refractivity contribution in [2.45, 2.75) is 4.90 Å². The fraction of sp³-hybridized carbons (Fsp3) is 0.400. The standard InChI is InChI=1S/C10H15ClN2O3S/c11-9-1-3-10(4-2-9)17(14,15)13-6-8-16-7-5-12/h1-4,13H,5-8,12H2. The van der Waals surface area contributed by atoms with Gasteiger partial charge in [-0.3, -0.25) is 0 Å². The van der Waals surface area contributed by atoms with Crippen LogP contribution in [0.25, 0.3) is 0 Å². The molecule has 1 aromatic rings. The quantitative estimate of drug-likeness (QED) is 0.716. The molecule has 0 amide bonds. The van der Waals surface area contributed by atoms with Crippen molar-refractivity contribution in [1.82, 2.24) is 4.72 Å². The van der Waals surface area contributed by atoms with Gasteiger partial charge < -0.3 is 10.5 Å². The Balaban J connectivity index is 2.48. The van der Waals surface area contributed by atoms with Crippen LogP contribution in [-0.4, -0.2) is 34.7 Å². The van der Waals surface area contributed by atoms with Crippen LogP contribution in [0.3, 0.4) is 0 Å². The largest absolute Gasteiger partial charge is 0.379 e. The summed E-state index contributed by atoms with van der Waals surface area (Å²) in [7, 11) is -3.48. The van der Waals surface area contributed by atoms with Gasteiger partial charge in [0, 0.05) is 18.1 Å². The highest BCUT2D eigenvalue weighted by Crippen LogP contribution is 2.13. The highest BCUT2D eigenvalue weighted by Gasteiger charge is 2.12. The summed E-state index contributed by atoms with van der Waals surface area (Å²) in [6, 6.07) is 5.96. The Labute approximate surface area is 106 Å². The molecule has 0 saturated carbocycles. The van der Waals surface area contributed by atoms with E-state index in [4.69, 9.17) is 22.1 Å². The summed E-state index contributed by atoms with van der Waals surface area (Å²) in [5.74, 6) is 0. The van der Waals surface area contributed by atoms with E-state index in [2.05, 4.69) is 4.72 Å². The third-order valence-electron chi connectivity index (χ3n) is 1.92. The van der Waals surface area contributed by atoms with Crippen molar-refractivity contribution in [3.8, 4) is 0 Å². The molecular formula is C10H15ClN2O3S. The van der Waals surface area contributed by atoms with Gasteiger partial charge in [0.05, 0.1) is 18.1 Å². The van der Waals surface area contributed by atoms with Gasteiger partial charge in [-0.05, 0) is 24.3 Å². The molecule has 0 radical (unpaired) electrons. The molecule has 5 nitrogen and oxygen atoms in total. The van der Waals surface area contributed by atoms with Crippen LogP contribution in [0.5, 0.6) is 0 Å². The topological polar surface area (TPSA) is 81.4 Å². The predicted octanol–water partition coefficient (Wildman–Crippen LogP) is 0.594. The summed E-state index contributed by atoms with van der Waals surface area (Å²) in [5, 5.41) is 0.496. The predicted molar refractivity (Wildman–Crippen MR) is 66.5 cm³/mol. The van der Waals surface area contributed by atoms with Gasteiger partial charge in [0.15, 0.2) is 0 Å². The summed E-state index contributed by atoms with van der Waals surface area (Å²) >= 11 is 5.68. The van der Waals surface area contributed by atoms with E-state index in [1.807, 2.05) is 0 Å². The Morgan fingerprint density at radius 2 is 1.88 bits per heavy atom. The van der Waals surface area contributed by atoms with Gasteiger partial charge in [-0.2, -0.15) is 0 Å². The third kappa shape index (κ3) is 5.01. The van der Waals surface area contributed by atoms with Crippen LogP contribution in [0.4, 0.5) is 0 Å². The molecule has 1 aromatic carbocycles. The van der Waals surface area contributed by atoms with Crippen molar-refractivity contribution >= 4 is 21.6 Å². The number of rotatable bonds is 7. The van der Waals surface area contributed by atoms with Crippen LogP contribution in [0, 0.1) is 0 Å². The van der Waals surface area contributed by atoms with E-state index in [0.29, 0.717) is 24.8 Å². The molecular weight excluding hydrogens is 264 g/mol. The van der Waals surface area contributed by atoms with Crippen molar-refractivity contribution in [1.29, 1.82) is 0 Å². The first-order valence-corrected chi connectivity index (χ1v) is 6.95. The fourth-order valence-electron chi connectivity index (χ4n) is 1.13. The van der Waals surface area contributed by atoms with Crippen LogP contribution in [0.1, 0.15) is 0 Å². The number of halogens is 1. The Kier molecular flexibility index (Phi) is 5.87. The second kappa shape index (κ2) is 6.93. The van der Waals surface area contributed by atoms with Crippen LogP contribution >= 0.6 is 11.6 Å². The van der Waals surface area contributed by atoms with Crippen LogP contribution < -0.4 is 10.5 Å². The number of nitrogens with one attached hydrogen (secondary N) is 1. The molecule has 0 aliphatic carbocycles. The SMILES string of the molecule is NCCOCCNS(=O)(=O)c1ccc(Cl)cc1. The zero-order chi connectivity index (χ0) is 12.7. The lowest BCUT2D eigenvalue weighted by molar-refractivity contribution is 0.147. The van der Waals surface area contributed by atoms with E-state index in [1.165, 1.54) is 24.3 Å². The maximum absolute atomic E-state index is 11.7. The number of nitrogens with two attached hydrogens (primary N) is 1. The van der Waals surface area contributed by atoms with Crippen LogP contribution in [-0.2, 0) is 14.8 Å². The Morgan fingerprint density at radius 3 is 2.47 bits per heavy atom. The molecule has 0 atom stereocenters. The van der Waals surface area contributed by atoms with Gasteiger partial charge in [0.2, 0.25) is 10.0 Å². The Morgan fingerprint density at radius 1 is 1.24 bits per heavy atom. The van der Waals surface area contributed by atoms with E-state index in [0.717, 1.165) is 0 Å². The van der Waals surface area contributed by atoms with Crippen molar-refractivity contribution in [2.24, 2.45) is 5.73 Å². The second-order valence-electron chi connectivity index (χ2n) is 3.25. The molecule has 0 aliphatic heterocycles. The van der Waals surface area contributed by atoms with Gasteiger partial charge in [-0.25, -0.2) is 13.1 Å². The molecule has 3 N–H and O–H groups in total. The molecule has 0 unspecified atom stereocenters. The van der Waals surface area contributed by atoms with Crippen molar-refractivity contribution < 1.29 is 13.2 Å². The molecule has 0 bridgehead atoms. The highest BCUT2D eigenvalue weighted by molar-refractivity contribution is 7.89.